The normalized spacial score (nSPS) is 9.00. The van der Waals surface area contributed by atoms with Crippen molar-refractivity contribution in [2.75, 3.05) is 6.61 Å². The molecule has 0 fully saturated rings. The summed E-state index contributed by atoms with van der Waals surface area (Å²) in [6.45, 7) is 4.28. The van der Waals surface area contributed by atoms with Crippen molar-refractivity contribution in [1.82, 2.24) is 0 Å². The third kappa shape index (κ3) is 3.40. The van der Waals surface area contributed by atoms with Gasteiger partial charge in [0.2, 0.25) is 0 Å². The molecule has 0 aliphatic rings. The number of ether oxygens (including phenoxy) is 1. The first-order valence-corrected chi connectivity index (χ1v) is 4.55. The lowest BCUT2D eigenvalue weighted by molar-refractivity contribution is 0.325. The first kappa shape index (κ1) is 10.5. The van der Waals surface area contributed by atoms with E-state index >= 15 is 0 Å². The minimum Gasteiger partial charge on any atom is -0.508 e. The van der Waals surface area contributed by atoms with Crippen LogP contribution in [0.3, 0.4) is 0 Å². The zero-order chi connectivity index (χ0) is 10.4. The van der Waals surface area contributed by atoms with Crippen LogP contribution in [-0.2, 0) is 0 Å². The van der Waals surface area contributed by atoms with E-state index in [-0.39, 0.29) is 5.75 Å². The summed E-state index contributed by atoms with van der Waals surface area (Å²) >= 11 is 0. The minimum atomic E-state index is 0.238. The van der Waals surface area contributed by atoms with E-state index in [1.54, 1.807) is 19.1 Å². The number of aryl methyl sites for hydroxylation is 1. The van der Waals surface area contributed by atoms with Gasteiger partial charge in [0.15, 0.2) is 0 Å². The molecule has 1 rings (SSSR count). The number of aromatic hydroxyl groups is 1. The van der Waals surface area contributed by atoms with Crippen LogP contribution in [0, 0.1) is 18.8 Å². The highest BCUT2D eigenvalue weighted by molar-refractivity contribution is 5.36. The number of rotatable bonds is 3. The van der Waals surface area contributed by atoms with Crippen molar-refractivity contribution in [2.45, 2.75) is 20.3 Å². The molecule has 14 heavy (non-hydrogen) atoms. The third-order valence-corrected chi connectivity index (χ3v) is 1.71. The summed E-state index contributed by atoms with van der Waals surface area (Å²) in [6, 6.07) is 5.18. The Kier molecular flexibility index (Phi) is 3.87. The van der Waals surface area contributed by atoms with Gasteiger partial charge in [0.25, 0.3) is 0 Å². The SMILES string of the molecule is CC#CCCOc1cc(C)cc(O)c1. The fourth-order valence-corrected chi connectivity index (χ4v) is 1.16. The predicted molar refractivity (Wildman–Crippen MR) is 56.4 cm³/mol. The van der Waals surface area contributed by atoms with Crippen LogP contribution in [0.5, 0.6) is 11.5 Å². The largest absolute Gasteiger partial charge is 0.508 e. The van der Waals surface area contributed by atoms with Crippen LogP contribution in [0.15, 0.2) is 18.2 Å². The maximum absolute atomic E-state index is 9.29. The third-order valence-electron chi connectivity index (χ3n) is 1.71. The van der Waals surface area contributed by atoms with Gasteiger partial charge in [0, 0.05) is 12.5 Å². The summed E-state index contributed by atoms with van der Waals surface area (Å²) in [4.78, 5) is 0. The molecule has 0 atom stereocenters. The van der Waals surface area contributed by atoms with Gasteiger partial charge in [0.1, 0.15) is 11.5 Å². The zero-order valence-electron chi connectivity index (χ0n) is 8.50. The summed E-state index contributed by atoms with van der Waals surface area (Å²) in [7, 11) is 0. The molecule has 0 bridgehead atoms. The van der Waals surface area contributed by atoms with Crippen LogP contribution >= 0.6 is 0 Å². The lowest BCUT2D eigenvalue weighted by atomic mass is 10.2. The van der Waals surface area contributed by atoms with E-state index in [1.165, 1.54) is 0 Å². The molecule has 0 saturated heterocycles. The van der Waals surface area contributed by atoms with E-state index < -0.39 is 0 Å². The minimum absolute atomic E-state index is 0.238. The van der Waals surface area contributed by atoms with Gasteiger partial charge >= 0.3 is 0 Å². The molecule has 0 radical (unpaired) electrons. The van der Waals surface area contributed by atoms with Crippen LogP contribution in [0.25, 0.3) is 0 Å². The van der Waals surface area contributed by atoms with Crippen molar-refractivity contribution in [2.24, 2.45) is 0 Å². The Hall–Kier alpha value is -1.62. The van der Waals surface area contributed by atoms with Crippen molar-refractivity contribution in [3.8, 4) is 23.3 Å². The van der Waals surface area contributed by atoms with Gasteiger partial charge < -0.3 is 9.84 Å². The quantitative estimate of drug-likeness (QED) is 0.586. The number of hydrogen-bond donors (Lipinski definition) is 1. The fourth-order valence-electron chi connectivity index (χ4n) is 1.16. The standard InChI is InChI=1S/C12H14O2/c1-3-4-5-6-14-12-8-10(2)7-11(13)9-12/h7-9,13H,5-6H2,1-2H3. The number of phenols is 1. The van der Waals surface area contributed by atoms with Gasteiger partial charge in [-0.05, 0) is 31.5 Å². The molecule has 2 heteroatoms. The molecule has 2 nitrogen and oxygen atoms in total. The van der Waals surface area contributed by atoms with Crippen LogP contribution < -0.4 is 4.74 Å². The van der Waals surface area contributed by atoms with Crippen molar-refractivity contribution >= 4 is 0 Å². The highest BCUT2D eigenvalue weighted by atomic mass is 16.5. The molecule has 0 heterocycles. The monoisotopic (exact) mass is 190 g/mol. The van der Waals surface area contributed by atoms with Crippen molar-refractivity contribution < 1.29 is 9.84 Å². The Bertz CT molecular complexity index is 338. The molecular formula is C12H14O2. The Balaban J connectivity index is 2.53. The number of hydrogen-bond acceptors (Lipinski definition) is 2. The second-order valence-electron chi connectivity index (χ2n) is 3.03. The van der Waals surface area contributed by atoms with E-state index in [4.69, 9.17) is 4.74 Å². The summed E-state index contributed by atoms with van der Waals surface area (Å²) in [5.41, 5.74) is 0.988. The summed E-state index contributed by atoms with van der Waals surface area (Å²) < 4.78 is 5.41. The maximum atomic E-state index is 9.29. The molecule has 0 aliphatic heterocycles. The van der Waals surface area contributed by atoms with E-state index in [9.17, 15) is 5.11 Å². The molecule has 0 amide bonds. The Labute approximate surface area is 84.5 Å². The highest BCUT2D eigenvalue weighted by Gasteiger charge is 1.97. The molecule has 1 N–H and O–H groups in total. The first-order valence-electron chi connectivity index (χ1n) is 4.55. The smallest absolute Gasteiger partial charge is 0.123 e. The first-order chi connectivity index (χ1) is 6.72. The van der Waals surface area contributed by atoms with Gasteiger partial charge in [-0.15, -0.1) is 11.8 Å². The van der Waals surface area contributed by atoms with Gasteiger partial charge in [-0.3, -0.25) is 0 Å². The van der Waals surface area contributed by atoms with Crippen LogP contribution in [-0.4, -0.2) is 11.7 Å². The molecular weight excluding hydrogens is 176 g/mol. The van der Waals surface area contributed by atoms with E-state index in [2.05, 4.69) is 11.8 Å². The van der Waals surface area contributed by atoms with E-state index in [0.717, 1.165) is 5.56 Å². The zero-order valence-corrected chi connectivity index (χ0v) is 8.50. The highest BCUT2D eigenvalue weighted by Crippen LogP contribution is 2.21. The molecule has 74 valence electrons. The second kappa shape index (κ2) is 5.18. The Morgan fingerprint density at radius 3 is 2.79 bits per heavy atom. The fraction of sp³-hybridized carbons (Fsp3) is 0.333. The molecule has 1 aromatic rings. The number of benzene rings is 1. The Morgan fingerprint density at radius 1 is 1.36 bits per heavy atom. The van der Waals surface area contributed by atoms with Gasteiger partial charge in [0.05, 0.1) is 6.61 Å². The van der Waals surface area contributed by atoms with Crippen molar-refractivity contribution in [3.05, 3.63) is 23.8 Å². The van der Waals surface area contributed by atoms with Crippen LogP contribution in [0.2, 0.25) is 0 Å². The van der Waals surface area contributed by atoms with Crippen molar-refractivity contribution in [3.63, 3.8) is 0 Å². The summed E-state index contributed by atoms with van der Waals surface area (Å²) in [5.74, 6) is 6.64. The van der Waals surface area contributed by atoms with Crippen molar-refractivity contribution in [1.29, 1.82) is 0 Å². The average Bonchev–Trinajstić information content (AvgIpc) is 2.11. The van der Waals surface area contributed by atoms with Crippen LogP contribution in [0.4, 0.5) is 0 Å². The molecule has 0 spiro atoms. The lowest BCUT2D eigenvalue weighted by Crippen LogP contribution is -1.95. The second-order valence-corrected chi connectivity index (χ2v) is 3.03. The van der Waals surface area contributed by atoms with Gasteiger partial charge in [-0.1, -0.05) is 0 Å². The molecule has 0 aromatic heterocycles. The summed E-state index contributed by atoms with van der Waals surface area (Å²) in [6.07, 6.45) is 0.713. The lowest BCUT2D eigenvalue weighted by Gasteiger charge is -2.05. The maximum Gasteiger partial charge on any atom is 0.123 e. The molecule has 0 aliphatic carbocycles. The Morgan fingerprint density at radius 2 is 2.14 bits per heavy atom. The van der Waals surface area contributed by atoms with Crippen LogP contribution in [0.1, 0.15) is 18.9 Å². The average molecular weight is 190 g/mol. The van der Waals surface area contributed by atoms with Gasteiger partial charge in [-0.2, -0.15) is 0 Å². The predicted octanol–water partition coefficient (Wildman–Crippen LogP) is 2.49. The molecule has 0 unspecified atom stereocenters. The van der Waals surface area contributed by atoms with Gasteiger partial charge in [-0.25, -0.2) is 0 Å². The molecule has 1 aromatic carbocycles. The van der Waals surface area contributed by atoms with E-state index in [0.29, 0.717) is 18.8 Å². The molecule has 0 saturated carbocycles. The van der Waals surface area contributed by atoms with E-state index in [1.807, 2.05) is 13.0 Å². The summed E-state index contributed by atoms with van der Waals surface area (Å²) in [5, 5.41) is 9.29. The topological polar surface area (TPSA) is 29.5 Å². The number of phenolic OH excluding ortho intramolecular Hbond substituents is 1.